The van der Waals surface area contributed by atoms with Crippen LogP contribution in [0.4, 0.5) is 0 Å². The van der Waals surface area contributed by atoms with Crippen LogP contribution in [0.5, 0.6) is 0 Å². The zero-order valence-electron chi connectivity index (χ0n) is 11.8. The highest BCUT2D eigenvalue weighted by atomic mass is 15.3. The Kier molecular flexibility index (Phi) is 4.83. The predicted octanol–water partition coefficient (Wildman–Crippen LogP) is 1.40. The first-order valence-electron chi connectivity index (χ1n) is 7.33. The normalized spacial score (nSPS) is 29.5. The van der Waals surface area contributed by atoms with Crippen LogP contribution >= 0.6 is 0 Å². The Labute approximate surface area is 107 Å². The molecular weight excluding hydrogens is 210 g/mol. The first kappa shape index (κ1) is 13.3. The molecule has 2 aliphatic rings. The lowest BCUT2D eigenvalue weighted by molar-refractivity contribution is 0.0988. The summed E-state index contributed by atoms with van der Waals surface area (Å²) in [6, 6.07) is 1.53. The Morgan fingerprint density at radius 2 is 2.00 bits per heavy atom. The molecule has 1 saturated heterocycles. The summed E-state index contributed by atoms with van der Waals surface area (Å²) >= 11 is 0. The molecule has 100 valence electrons. The lowest BCUT2D eigenvalue weighted by Crippen LogP contribution is -2.52. The number of rotatable bonds is 6. The standard InChI is InChI=1S/C14H29N3/c1-4-7-15-14(12-5-6-12)10-13-11-16(2)8-9-17(13)3/h12-15H,4-11H2,1-3H3. The lowest BCUT2D eigenvalue weighted by Gasteiger charge is -2.39. The number of nitrogens with zero attached hydrogens (tertiary/aromatic N) is 2. The molecule has 2 unspecified atom stereocenters. The van der Waals surface area contributed by atoms with Crippen molar-refractivity contribution in [2.75, 3.05) is 40.3 Å². The SMILES string of the molecule is CCCNC(CC1CN(C)CCN1C)C1CC1. The fourth-order valence-electron chi connectivity index (χ4n) is 2.92. The predicted molar refractivity (Wildman–Crippen MR) is 73.3 cm³/mol. The third-order valence-corrected chi connectivity index (χ3v) is 4.35. The van der Waals surface area contributed by atoms with Crippen molar-refractivity contribution in [3.05, 3.63) is 0 Å². The van der Waals surface area contributed by atoms with Gasteiger partial charge >= 0.3 is 0 Å². The molecule has 3 heteroatoms. The van der Waals surface area contributed by atoms with E-state index in [1.54, 1.807) is 0 Å². The third-order valence-electron chi connectivity index (χ3n) is 4.35. The van der Waals surface area contributed by atoms with Crippen LogP contribution in [0.15, 0.2) is 0 Å². The molecule has 0 amide bonds. The topological polar surface area (TPSA) is 18.5 Å². The molecule has 0 aromatic rings. The van der Waals surface area contributed by atoms with E-state index in [1.165, 1.54) is 51.9 Å². The summed E-state index contributed by atoms with van der Waals surface area (Å²) in [6.45, 7) is 7.15. The Hall–Kier alpha value is -0.120. The van der Waals surface area contributed by atoms with Gasteiger partial charge in [0.05, 0.1) is 0 Å². The Morgan fingerprint density at radius 1 is 1.24 bits per heavy atom. The van der Waals surface area contributed by atoms with Gasteiger partial charge in [0.15, 0.2) is 0 Å². The van der Waals surface area contributed by atoms with Crippen molar-refractivity contribution in [2.45, 2.75) is 44.7 Å². The number of nitrogens with one attached hydrogen (secondary N) is 1. The molecule has 1 saturated carbocycles. The second kappa shape index (κ2) is 6.17. The second-order valence-electron chi connectivity index (χ2n) is 6.03. The summed E-state index contributed by atoms with van der Waals surface area (Å²) in [5, 5.41) is 3.77. The highest BCUT2D eigenvalue weighted by Gasteiger charge is 2.34. The van der Waals surface area contributed by atoms with Crippen LogP contribution in [0.2, 0.25) is 0 Å². The molecule has 17 heavy (non-hydrogen) atoms. The lowest BCUT2D eigenvalue weighted by atomic mass is 10.00. The summed E-state index contributed by atoms with van der Waals surface area (Å²) in [5.41, 5.74) is 0. The minimum Gasteiger partial charge on any atom is -0.314 e. The fraction of sp³-hybridized carbons (Fsp3) is 1.00. The van der Waals surface area contributed by atoms with Crippen molar-refractivity contribution < 1.29 is 0 Å². The number of likely N-dealkylation sites (N-methyl/N-ethyl adjacent to an activating group) is 2. The molecule has 2 atom stereocenters. The maximum Gasteiger partial charge on any atom is 0.0235 e. The highest BCUT2D eigenvalue weighted by molar-refractivity contribution is 4.91. The molecule has 2 rings (SSSR count). The van der Waals surface area contributed by atoms with E-state index in [4.69, 9.17) is 0 Å². The van der Waals surface area contributed by atoms with Crippen molar-refractivity contribution >= 4 is 0 Å². The minimum atomic E-state index is 0.753. The van der Waals surface area contributed by atoms with Crippen LogP contribution < -0.4 is 5.32 Å². The third kappa shape index (κ3) is 3.94. The molecule has 0 spiro atoms. The van der Waals surface area contributed by atoms with E-state index in [2.05, 4.69) is 36.1 Å². The fourth-order valence-corrected chi connectivity index (χ4v) is 2.92. The van der Waals surface area contributed by atoms with Gasteiger partial charge in [-0.3, -0.25) is 0 Å². The molecule has 0 radical (unpaired) electrons. The van der Waals surface area contributed by atoms with Crippen molar-refractivity contribution in [3.8, 4) is 0 Å². The van der Waals surface area contributed by atoms with E-state index in [0.29, 0.717) is 0 Å². The van der Waals surface area contributed by atoms with Crippen molar-refractivity contribution in [1.82, 2.24) is 15.1 Å². The van der Waals surface area contributed by atoms with Crippen molar-refractivity contribution in [3.63, 3.8) is 0 Å². The highest BCUT2D eigenvalue weighted by Crippen LogP contribution is 2.35. The number of hydrogen-bond acceptors (Lipinski definition) is 3. The van der Waals surface area contributed by atoms with Crippen LogP contribution in [0.25, 0.3) is 0 Å². The van der Waals surface area contributed by atoms with E-state index >= 15 is 0 Å². The van der Waals surface area contributed by atoms with Gasteiger partial charge in [0, 0.05) is 31.7 Å². The maximum atomic E-state index is 3.77. The van der Waals surface area contributed by atoms with Gasteiger partial charge in [0.2, 0.25) is 0 Å². The van der Waals surface area contributed by atoms with Crippen LogP contribution in [-0.2, 0) is 0 Å². The van der Waals surface area contributed by atoms with Gasteiger partial charge in [-0.05, 0) is 52.2 Å². The largest absolute Gasteiger partial charge is 0.314 e. The number of hydrogen-bond donors (Lipinski definition) is 1. The molecule has 1 aliphatic heterocycles. The summed E-state index contributed by atoms with van der Waals surface area (Å²) in [7, 11) is 4.55. The van der Waals surface area contributed by atoms with E-state index in [0.717, 1.165) is 18.0 Å². The Balaban J connectivity index is 1.82. The smallest absolute Gasteiger partial charge is 0.0235 e. The molecule has 2 fully saturated rings. The minimum absolute atomic E-state index is 0.753. The van der Waals surface area contributed by atoms with E-state index in [9.17, 15) is 0 Å². The first-order valence-corrected chi connectivity index (χ1v) is 7.33. The van der Waals surface area contributed by atoms with Crippen LogP contribution in [0, 0.1) is 5.92 Å². The van der Waals surface area contributed by atoms with Gasteiger partial charge in [-0.15, -0.1) is 0 Å². The molecule has 1 aliphatic carbocycles. The molecular formula is C14H29N3. The zero-order chi connectivity index (χ0) is 12.3. The summed E-state index contributed by atoms with van der Waals surface area (Å²) in [4.78, 5) is 5.04. The van der Waals surface area contributed by atoms with Gasteiger partial charge in [0.25, 0.3) is 0 Å². The van der Waals surface area contributed by atoms with E-state index in [1.807, 2.05) is 0 Å². The average Bonchev–Trinajstić information content (AvgIpc) is 3.13. The summed E-state index contributed by atoms with van der Waals surface area (Å²) in [6.07, 6.45) is 5.50. The van der Waals surface area contributed by atoms with Gasteiger partial charge in [-0.2, -0.15) is 0 Å². The van der Waals surface area contributed by atoms with Crippen molar-refractivity contribution in [1.29, 1.82) is 0 Å². The molecule has 0 aromatic carbocycles. The van der Waals surface area contributed by atoms with Gasteiger partial charge in [-0.25, -0.2) is 0 Å². The Morgan fingerprint density at radius 3 is 2.65 bits per heavy atom. The Bertz CT molecular complexity index is 228. The van der Waals surface area contributed by atoms with Crippen LogP contribution in [-0.4, -0.2) is 62.2 Å². The van der Waals surface area contributed by atoms with E-state index < -0.39 is 0 Å². The monoisotopic (exact) mass is 239 g/mol. The summed E-state index contributed by atoms with van der Waals surface area (Å²) in [5.74, 6) is 0.974. The average molecular weight is 239 g/mol. The van der Waals surface area contributed by atoms with Gasteiger partial charge in [0.1, 0.15) is 0 Å². The zero-order valence-corrected chi connectivity index (χ0v) is 11.8. The maximum absolute atomic E-state index is 3.77. The van der Waals surface area contributed by atoms with E-state index in [-0.39, 0.29) is 0 Å². The molecule has 0 aromatic heterocycles. The van der Waals surface area contributed by atoms with Crippen LogP contribution in [0.3, 0.4) is 0 Å². The van der Waals surface area contributed by atoms with Gasteiger partial charge < -0.3 is 15.1 Å². The van der Waals surface area contributed by atoms with Gasteiger partial charge in [-0.1, -0.05) is 6.92 Å². The van der Waals surface area contributed by atoms with Crippen LogP contribution in [0.1, 0.15) is 32.6 Å². The molecule has 1 N–H and O–H groups in total. The molecule has 1 heterocycles. The molecule has 3 nitrogen and oxygen atoms in total. The first-order chi connectivity index (χ1) is 8.20. The number of piperazine rings is 1. The quantitative estimate of drug-likeness (QED) is 0.756. The molecule has 0 bridgehead atoms. The van der Waals surface area contributed by atoms with Crippen molar-refractivity contribution in [2.24, 2.45) is 5.92 Å². The summed E-state index contributed by atoms with van der Waals surface area (Å²) < 4.78 is 0. The second-order valence-corrected chi connectivity index (χ2v) is 6.03.